The monoisotopic (exact) mass is 292 g/mol. The molecule has 0 saturated carbocycles. The van der Waals surface area contributed by atoms with E-state index < -0.39 is 17.7 Å². The minimum Gasteiger partial charge on any atom is -0.464 e. The van der Waals surface area contributed by atoms with Gasteiger partial charge in [-0.3, -0.25) is 14.5 Å². The second-order valence-electron chi connectivity index (χ2n) is 4.29. The quantitative estimate of drug-likeness (QED) is 0.862. The van der Waals surface area contributed by atoms with E-state index in [4.69, 9.17) is 0 Å². The maximum Gasteiger partial charge on any atom is 0.356 e. The SMILES string of the molecule is COC(=O)c1cc(NC(=O)c2cc(C)ncc2F)nn1C. The maximum absolute atomic E-state index is 13.6. The van der Waals surface area contributed by atoms with Gasteiger partial charge < -0.3 is 10.1 Å². The van der Waals surface area contributed by atoms with E-state index in [-0.39, 0.29) is 17.1 Å². The zero-order valence-electron chi connectivity index (χ0n) is 11.7. The van der Waals surface area contributed by atoms with Gasteiger partial charge in [0.2, 0.25) is 0 Å². The standard InChI is InChI=1S/C13H13FN4O3/c1-7-4-8(9(14)6-15-7)12(19)16-11-5-10(13(20)21-3)18(2)17-11/h4-6H,1-3H3,(H,16,17,19). The van der Waals surface area contributed by atoms with Crippen LogP contribution in [0.2, 0.25) is 0 Å². The Labute approximate surface area is 119 Å². The van der Waals surface area contributed by atoms with Crippen LogP contribution in [0.4, 0.5) is 10.2 Å². The van der Waals surface area contributed by atoms with E-state index in [9.17, 15) is 14.0 Å². The molecule has 0 bridgehead atoms. The van der Waals surface area contributed by atoms with Crippen molar-refractivity contribution in [2.75, 3.05) is 12.4 Å². The second kappa shape index (κ2) is 5.70. The molecule has 21 heavy (non-hydrogen) atoms. The molecule has 0 aromatic carbocycles. The van der Waals surface area contributed by atoms with Gasteiger partial charge in [-0.25, -0.2) is 9.18 Å². The Balaban J connectivity index is 2.24. The summed E-state index contributed by atoms with van der Waals surface area (Å²) in [6.07, 6.45) is 0.975. The summed E-state index contributed by atoms with van der Waals surface area (Å²) in [4.78, 5) is 27.2. The van der Waals surface area contributed by atoms with Gasteiger partial charge in [-0.15, -0.1) is 0 Å². The Bertz CT molecular complexity index is 711. The maximum atomic E-state index is 13.6. The molecule has 0 fully saturated rings. The normalized spacial score (nSPS) is 10.3. The summed E-state index contributed by atoms with van der Waals surface area (Å²) in [7, 11) is 2.77. The smallest absolute Gasteiger partial charge is 0.356 e. The second-order valence-corrected chi connectivity index (χ2v) is 4.29. The Hall–Kier alpha value is -2.77. The number of hydrogen-bond donors (Lipinski definition) is 1. The fourth-order valence-corrected chi connectivity index (χ4v) is 1.72. The summed E-state index contributed by atoms with van der Waals surface area (Å²) in [5, 5.41) is 6.36. The van der Waals surface area contributed by atoms with Crippen molar-refractivity contribution in [1.82, 2.24) is 14.8 Å². The molecule has 0 aliphatic rings. The summed E-state index contributed by atoms with van der Waals surface area (Å²) in [5.41, 5.74) is 0.532. The van der Waals surface area contributed by atoms with E-state index in [2.05, 4.69) is 20.1 Å². The number of methoxy groups -OCH3 is 1. The van der Waals surface area contributed by atoms with Crippen LogP contribution in [-0.4, -0.2) is 33.8 Å². The number of aryl methyl sites for hydroxylation is 2. The van der Waals surface area contributed by atoms with E-state index >= 15 is 0 Å². The third kappa shape index (κ3) is 3.04. The highest BCUT2D eigenvalue weighted by atomic mass is 19.1. The summed E-state index contributed by atoms with van der Waals surface area (Å²) in [6, 6.07) is 2.67. The Kier molecular flexibility index (Phi) is 3.97. The van der Waals surface area contributed by atoms with Crippen LogP contribution in [-0.2, 0) is 11.8 Å². The first-order chi connectivity index (χ1) is 9.92. The number of nitrogens with zero attached hydrogens (tertiary/aromatic N) is 3. The molecule has 0 radical (unpaired) electrons. The summed E-state index contributed by atoms with van der Waals surface area (Å²) < 4.78 is 19.4. The third-order valence-electron chi connectivity index (χ3n) is 2.75. The van der Waals surface area contributed by atoms with Gasteiger partial charge in [-0.05, 0) is 13.0 Å². The van der Waals surface area contributed by atoms with Crippen LogP contribution in [0.15, 0.2) is 18.3 Å². The van der Waals surface area contributed by atoms with Crippen molar-refractivity contribution in [2.45, 2.75) is 6.92 Å². The summed E-state index contributed by atoms with van der Waals surface area (Å²) >= 11 is 0. The molecule has 0 saturated heterocycles. The molecule has 0 aliphatic carbocycles. The molecule has 1 N–H and O–H groups in total. The molecule has 7 nitrogen and oxygen atoms in total. The van der Waals surface area contributed by atoms with Crippen LogP contribution < -0.4 is 5.32 Å². The molecule has 1 amide bonds. The predicted molar refractivity (Wildman–Crippen MR) is 71.4 cm³/mol. The molecular weight excluding hydrogens is 279 g/mol. The number of hydrogen-bond acceptors (Lipinski definition) is 5. The van der Waals surface area contributed by atoms with Crippen molar-refractivity contribution in [1.29, 1.82) is 0 Å². The predicted octanol–water partition coefficient (Wildman–Crippen LogP) is 1.30. The van der Waals surface area contributed by atoms with E-state index in [1.54, 1.807) is 6.92 Å². The van der Waals surface area contributed by atoms with Crippen molar-refractivity contribution < 1.29 is 18.7 Å². The highest BCUT2D eigenvalue weighted by Gasteiger charge is 2.17. The number of anilines is 1. The molecule has 110 valence electrons. The minimum atomic E-state index is -0.734. The fourth-order valence-electron chi connectivity index (χ4n) is 1.72. The fraction of sp³-hybridized carbons (Fsp3) is 0.231. The summed E-state index contributed by atoms with van der Waals surface area (Å²) in [5.74, 6) is -1.87. The number of carbonyl (C=O) groups excluding carboxylic acids is 2. The van der Waals surface area contributed by atoms with Gasteiger partial charge in [-0.1, -0.05) is 0 Å². The Morgan fingerprint density at radius 2 is 2.10 bits per heavy atom. The zero-order chi connectivity index (χ0) is 15.6. The van der Waals surface area contributed by atoms with Crippen LogP contribution >= 0.6 is 0 Å². The van der Waals surface area contributed by atoms with E-state index in [0.717, 1.165) is 6.20 Å². The van der Waals surface area contributed by atoms with Crippen molar-refractivity contribution >= 4 is 17.7 Å². The first kappa shape index (κ1) is 14.6. The van der Waals surface area contributed by atoms with Crippen LogP contribution in [0, 0.1) is 12.7 Å². The van der Waals surface area contributed by atoms with Gasteiger partial charge in [0, 0.05) is 18.8 Å². The van der Waals surface area contributed by atoms with Gasteiger partial charge in [0.1, 0.15) is 5.69 Å². The third-order valence-corrected chi connectivity index (χ3v) is 2.75. The van der Waals surface area contributed by atoms with Crippen molar-refractivity contribution in [3.8, 4) is 0 Å². The average Bonchev–Trinajstić information content (AvgIpc) is 2.81. The molecule has 2 aromatic rings. The molecule has 0 aliphatic heterocycles. The van der Waals surface area contributed by atoms with Crippen LogP contribution in [0.1, 0.15) is 26.5 Å². The first-order valence-corrected chi connectivity index (χ1v) is 5.98. The number of ether oxygens (including phenoxy) is 1. The average molecular weight is 292 g/mol. The van der Waals surface area contributed by atoms with E-state index in [0.29, 0.717) is 5.69 Å². The van der Waals surface area contributed by atoms with Gasteiger partial charge >= 0.3 is 5.97 Å². The lowest BCUT2D eigenvalue weighted by Crippen LogP contribution is -2.15. The van der Waals surface area contributed by atoms with Gasteiger partial charge in [0.15, 0.2) is 11.6 Å². The molecule has 2 rings (SSSR count). The number of nitrogens with one attached hydrogen (secondary N) is 1. The topological polar surface area (TPSA) is 86.1 Å². The van der Waals surface area contributed by atoms with Gasteiger partial charge in [0.25, 0.3) is 5.91 Å². The first-order valence-electron chi connectivity index (χ1n) is 5.98. The van der Waals surface area contributed by atoms with Gasteiger partial charge in [0.05, 0.1) is 18.9 Å². The largest absolute Gasteiger partial charge is 0.464 e. The number of pyridine rings is 1. The van der Waals surface area contributed by atoms with Crippen molar-refractivity contribution in [3.05, 3.63) is 41.1 Å². The molecule has 0 unspecified atom stereocenters. The number of carbonyl (C=O) groups is 2. The minimum absolute atomic E-state index is 0.122. The molecule has 0 spiro atoms. The lowest BCUT2D eigenvalue weighted by molar-refractivity contribution is 0.0588. The van der Waals surface area contributed by atoms with E-state index in [1.807, 2.05) is 0 Å². The Morgan fingerprint density at radius 3 is 2.76 bits per heavy atom. The number of aromatic nitrogens is 3. The number of rotatable bonds is 3. The molecule has 2 aromatic heterocycles. The summed E-state index contributed by atoms with van der Waals surface area (Å²) in [6.45, 7) is 1.65. The van der Waals surface area contributed by atoms with Crippen LogP contribution in [0.5, 0.6) is 0 Å². The molecule has 8 heteroatoms. The highest BCUT2D eigenvalue weighted by Crippen LogP contribution is 2.13. The zero-order valence-corrected chi connectivity index (χ0v) is 11.7. The van der Waals surface area contributed by atoms with Gasteiger partial charge in [-0.2, -0.15) is 5.10 Å². The molecular formula is C13H13FN4O3. The van der Waals surface area contributed by atoms with Crippen LogP contribution in [0.25, 0.3) is 0 Å². The highest BCUT2D eigenvalue weighted by molar-refractivity contribution is 6.04. The number of amides is 1. The van der Waals surface area contributed by atoms with Crippen LogP contribution in [0.3, 0.4) is 0 Å². The molecule has 2 heterocycles. The number of halogens is 1. The lowest BCUT2D eigenvalue weighted by Gasteiger charge is -2.03. The Morgan fingerprint density at radius 1 is 1.38 bits per heavy atom. The van der Waals surface area contributed by atoms with Crippen molar-refractivity contribution in [2.24, 2.45) is 7.05 Å². The molecule has 0 atom stereocenters. The van der Waals surface area contributed by atoms with E-state index in [1.165, 1.54) is 31.0 Å². The van der Waals surface area contributed by atoms with Crippen molar-refractivity contribution in [3.63, 3.8) is 0 Å². The lowest BCUT2D eigenvalue weighted by atomic mass is 10.2. The number of esters is 1.